The van der Waals surface area contributed by atoms with Gasteiger partial charge in [-0.2, -0.15) is 0 Å². The highest BCUT2D eigenvalue weighted by molar-refractivity contribution is 7.99. The highest BCUT2D eigenvalue weighted by atomic mass is 32.2. The summed E-state index contributed by atoms with van der Waals surface area (Å²) in [6.07, 6.45) is 4.60. The van der Waals surface area contributed by atoms with Crippen molar-refractivity contribution in [1.29, 1.82) is 0 Å². The fourth-order valence-electron chi connectivity index (χ4n) is 2.12. The predicted molar refractivity (Wildman–Crippen MR) is 100 cm³/mol. The zero-order chi connectivity index (χ0) is 17.5. The molecule has 2 aromatic heterocycles. The van der Waals surface area contributed by atoms with E-state index in [9.17, 15) is 9.18 Å². The number of anilines is 1. The van der Waals surface area contributed by atoms with Gasteiger partial charge in [0, 0.05) is 34.7 Å². The van der Waals surface area contributed by atoms with E-state index >= 15 is 0 Å². The molecule has 0 bridgehead atoms. The third kappa shape index (κ3) is 5.37. The van der Waals surface area contributed by atoms with Crippen molar-refractivity contribution in [3.8, 4) is 11.3 Å². The van der Waals surface area contributed by atoms with Crippen LogP contribution in [0.25, 0.3) is 11.3 Å². The van der Waals surface area contributed by atoms with Crippen LogP contribution in [0.5, 0.6) is 0 Å². The van der Waals surface area contributed by atoms with Crippen molar-refractivity contribution < 1.29 is 9.18 Å². The molecule has 128 valence electrons. The number of halogens is 1. The van der Waals surface area contributed by atoms with Gasteiger partial charge >= 0.3 is 0 Å². The molecule has 0 spiro atoms. The average Bonchev–Trinajstić information content (AvgIpc) is 3.09. The molecule has 0 saturated heterocycles. The zero-order valence-corrected chi connectivity index (χ0v) is 14.9. The number of hydrogen-bond donors (Lipinski definition) is 1. The molecule has 0 unspecified atom stereocenters. The van der Waals surface area contributed by atoms with Gasteiger partial charge in [0.15, 0.2) is 5.13 Å². The third-order valence-corrected chi connectivity index (χ3v) is 5.21. The molecule has 1 amide bonds. The quantitative estimate of drug-likeness (QED) is 0.475. The van der Waals surface area contributed by atoms with Crippen molar-refractivity contribution >= 4 is 34.1 Å². The van der Waals surface area contributed by atoms with E-state index in [1.807, 2.05) is 17.5 Å². The maximum atomic E-state index is 12.8. The number of carbonyl (C=O) groups is 1. The molecule has 0 saturated carbocycles. The molecule has 0 aliphatic rings. The number of thioether (sulfide) groups is 1. The maximum Gasteiger partial charge on any atom is 0.226 e. The van der Waals surface area contributed by atoms with Gasteiger partial charge in [-0.05, 0) is 48.6 Å². The monoisotopic (exact) mass is 373 g/mol. The SMILES string of the molecule is O=C(CCCSc1ccc(F)cc1)Nc1nc(-c2ccncc2)cs1. The topological polar surface area (TPSA) is 54.9 Å². The Balaban J connectivity index is 1.42. The molecule has 0 aliphatic heterocycles. The standard InChI is InChI=1S/C18H16FN3OS2/c19-14-3-5-15(6-4-14)24-11-1-2-17(23)22-18-21-16(12-25-18)13-7-9-20-10-8-13/h3-10,12H,1-2,11H2,(H,21,22,23). The molecule has 3 aromatic rings. The lowest BCUT2D eigenvalue weighted by molar-refractivity contribution is -0.116. The molecule has 0 atom stereocenters. The number of pyridine rings is 1. The summed E-state index contributed by atoms with van der Waals surface area (Å²) in [6.45, 7) is 0. The van der Waals surface area contributed by atoms with E-state index in [0.717, 1.165) is 28.3 Å². The van der Waals surface area contributed by atoms with Crippen molar-refractivity contribution in [2.75, 3.05) is 11.1 Å². The van der Waals surface area contributed by atoms with Gasteiger partial charge in [-0.1, -0.05) is 0 Å². The number of carbonyl (C=O) groups excluding carboxylic acids is 1. The van der Waals surface area contributed by atoms with Gasteiger partial charge < -0.3 is 5.32 Å². The Kier molecular flexibility index (Phi) is 6.14. The number of benzene rings is 1. The first-order valence-electron chi connectivity index (χ1n) is 7.75. The minimum Gasteiger partial charge on any atom is -0.302 e. The largest absolute Gasteiger partial charge is 0.302 e. The van der Waals surface area contributed by atoms with Gasteiger partial charge in [-0.15, -0.1) is 23.1 Å². The molecule has 1 aromatic carbocycles. The molecule has 4 nitrogen and oxygen atoms in total. The fourth-order valence-corrected chi connectivity index (χ4v) is 3.71. The summed E-state index contributed by atoms with van der Waals surface area (Å²) in [4.78, 5) is 21.4. The number of hydrogen-bond acceptors (Lipinski definition) is 5. The Labute approximate surface area is 153 Å². The van der Waals surface area contributed by atoms with Crippen LogP contribution in [0.3, 0.4) is 0 Å². The van der Waals surface area contributed by atoms with Crippen LogP contribution in [-0.2, 0) is 4.79 Å². The lowest BCUT2D eigenvalue weighted by Crippen LogP contribution is -2.11. The number of thiazole rings is 1. The molecule has 0 aliphatic carbocycles. The fraction of sp³-hybridized carbons (Fsp3) is 0.167. The van der Waals surface area contributed by atoms with Crippen LogP contribution in [0.2, 0.25) is 0 Å². The Morgan fingerprint density at radius 1 is 1.16 bits per heavy atom. The summed E-state index contributed by atoms with van der Waals surface area (Å²) in [6, 6.07) is 10.1. The van der Waals surface area contributed by atoms with Gasteiger partial charge in [0.2, 0.25) is 5.91 Å². The van der Waals surface area contributed by atoms with E-state index in [2.05, 4.69) is 15.3 Å². The number of aromatic nitrogens is 2. The molecule has 7 heteroatoms. The van der Waals surface area contributed by atoms with Crippen LogP contribution in [0.15, 0.2) is 59.1 Å². The second kappa shape index (κ2) is 8.73. The van der Waals surface area contributed by atoms with Crippen LogP contribution in [0.4, 0.5) is 9.52 Å². The Morgan fingerprint density at radius 2 is 1.92 bits per heavy atom. The van der Waals surface area contributed by atoms with E-state index < -0.39 is 0 Å². The summed E-state index contributed by atoms with van der Waals surface area (Å²) in [5, 5.41) is 5.34. The van der Waals surface area contributed by atoms with Crippen molar-refractivity contribution in [3.05, 3.63) is 60.0 Å². The van der Waals surface area contributed by atoms with Crippen LogP contribution < -0.4 is 5.32 Å². The van der Waals surface area contributed by atoms with Crippen LogP contribution in [0.1, 0.15) is 12.8 Å². The van der Waals surface area contributed by atoms with Crippen LogP contribution in [0, 0.1) is 5.82 Å². The van der Waals surface area contributed by atoms with Crippen molar-refractivity contribution in [2.45, 2.75) is 17.7 Å². The Morgan fingerprint density at radius 3 is 2.68 bits per heavy atom. The highest BCUT2D eigenvalue weighted by Gasteiger charge is 2.08. The summed E-state index contributed by atoms with van der Waals surface area (Å²) in [5.41, 5.74) is 1.80. The molecule has 0 radical (unpaired) electrons. The van der Waals surface area contributed by atoms with E-state index in [1.54, 1.807) is 36.3 Å². The third-order valence-electron chi connectivity index (χ3n) is 3.36. The lowest BCUT2D eigenvalue weighted by Gasteiger charge is -2.03. The Hall–Kier alpha value is -2.25. The van der Waals surface area contributed by atoms with Gasteiger partial charge in [0.25, 0.3) is 0 Å². The van der Waals surface area contributed by atoms with E-state index in [0.29, 0.717) is 11.6 Å². The van der Waals surface area contributed by atoms with E-state index in [-0.39, 0.29) is 11.7 Å². The summed E-state index contributed by atoms with van der Waals surface area (Å²) in [5.74, 6) is 0.521. The van der Waals surface area contributed by atoms with Gasteiger partial charge in [-0.25, -0.2) is 9.37 Å². The van der Waals surface area contributed by atoms with Crippen LogP contribution >= 0.6 is 23.1 Å². The number of rotatable bonds is 7. The summed E-state index contributed by atoms with van der Waals surface area (Å²) >= 11 is 3.02. The zero-order valence-electron chi connectivity index (χ0n) is 13.3. The summed E-state index contributed by atoms with van der Waals surface area (Å²) in [7, 11) is 0. The molecule has 25 heavy (non-hydrogen) atoms. The second-order valence-corrected chi connectivity index (χ2v) is 7.25. The predicted octanol–water partition coefficient (Wildman–Crippen LogP) is 4.86. The first-order chi connectivity index (χ1) is 12.2. The second-order valence-electron chi connectivity index (χ2n) is 5.23. The van der Waals surface area contributed by atoms with Crippen molar-refractivity contribution in [1.82, 2.24) is 9.97 Å². The van der Waals surface area contributed by atoms with Gasteiger partial charge in [0.1, 0.15) is 5.82 Å². The van der Waals surface area contributed by atoms with Gasteiger partial charge in [0.05, 0.1) is 5.69 Å². The minimum absolute atomic E-state index is 0.0460. The molecular formula is C18H16FN3OS2. The molecule has 3 rings (SSSR count). The minimum atomic E-state index is -0.238. The van der Waals surface area contributed by atoms with E-state index in [4.69, 9.17) is 0 Å². The smallest absolute Gasteiger partial charge is 0.226 e. The van der Waals surface area contributed by atoms with Crippen molar-refractivity contribution in [2.24, 2.45) is 0 Å². The normalized spacial score (nSPS) is 10.6. The highest BCUT2D eigenvalue weighted by Crippen LogP contribution is 2.24. The average molecular weight is 373 g/mol. The first kappa shape index (κ1) is 17.6. The number of amides is 1. The van der Waals surface area contributed by atoms with Crippen LogP contribution in [-0.4, -0.2) is 21.6 Å². The van der Waals surface area contributed by atoms with E-state index in [1.165, 1.54) is 23.5 Å². The lowest BCUT2D eigenvalue weighted by atomic mass is 10.2. The first-order valence-corrected chi connectivity index (χ1v) is 9.61. The summed E-state index contributed by atoms with van der Waals surface area (Å²) < 4.78 is 12.8. The molecule has 0 fully saturated rings. The maximum absolute atomic E-state index is 12.8. The van der Waals surface area contributed by atoms with Crippen molar-refractivity contribution in [3.63, 3.8) is 0 Å². The molecule has 1 N–H and O–H groups in total. The number of nitrogens with zero attached hydrogens (tertiary/aromatic N) is 2. The molecule has 2 heterocycles. The molecular weight excluding hydrogens is 357 g/mol. The van der Waals surface area contributed by atoms with Gasteiger partial charge in [-0.3, -0.25) is 9.78 Å². The Bertz CT molecular complexity index is 822. The number of nitrogens with one attached hydrogen (secondary N) is 1.